The number of hydrogen-bond acceptors (Lipinski definition) is 7. The minimum Gasteiger partial charge on any atom is -0.486 e. The minimum atomic E-state index is -0.437. The molecule has 1 atom stereocenters. The van der Waals surface area contributed by atoms with E-state index in [4.69, 9.17) is 27.5 Å². The van der Waals surface area contributed by atoms with E-state index in [1.807, 2.05) is 18.7 Å². The van der Waals surface area contributed by atoms with Crippen molar-refractivity contribution in [1.82, 2.24) is 14.9 Å². The van der Waals surface area contributed by atoms with Gasteiger partial charge in [0.15, 0.2) is 11.6 Å². The summed E-state index contributed by atoms with van der Waals surface area (Å²) < 4.78 is 21.3. The molecule has 2 fully saturated rings. The lowest BCUT2D eigenvalue weighted by molar-refractivity contribution is 0.100. The second-order valence-corrected chi connectivity index (χ2v) is 10.7. The fourth-order valence-corrected chi connectivity index (χ4v) is 5.84. The first-order chi connectivity index (χ1) is 17.7. The Balaban J connectivity index is 1.32. The maximum atomic E-state index is 15.2. The summed E-state index contributed by atoms with van der Waals surface area (Å²) in [6.45, 7) is 9.77. The van der Waals surface area contributed by atoms with Gasteiger partial charge in [0.25, 0.3) is 0 Å². The zero-order valence-electron chi connectivity index (χ0n) is 21.4. The van der Waals surface area contributed by atoms with Crippen LogP contribution in [0.5, 0.6) is 5.75 Å². The molecule has 2 aliphatic rings. The quantitative estimate of drug-likeness (QED) is 0.319. The SMILES string of the molecule is Cc1cncc(Cl)c1[C@@H](C)Oc1ccc(N)c(C(=N)c2cnc(N3CC(C)(N4CCCC4)C3)c(F)c2)c1. The third-order valence-electron chi connectivity index (χ3n) is 7.49. The molecule has 0 amide bonds. The number of nitrogens with zero attached hydrogens (tertiary/aromatic N) is 4. The number of anilines is 2. The topological polar surface area (TPSA) is 91.4 Å². The van der Waals surface area contributed by atoms with Gasteiger partial charge in [-0.1, -0.05) is 11.6 Å². The summed E-state index contributed by atoms with van der Waals surface area (Å²) in [7, 11) is 0. The summed E-state index contributed by atoms with van der Waals surface area (Å²) in [5, 5.41) is 9.27. The van der Waals surface area contributed by atoms with Crippen LogP contribution in [0.2, 0.25) is 5.02 Å². The lowest BCUT2D eigenvalue weighted by Crippen LogP contribution is -2.68. The summed E-state index contributed by atoms with van der Waals surface area (Å²) in [6.07, 6.45) is 6.98. The smallest absolute Gasteiger partial charge is 0.166 e. The van der Waals surface area contributed by atoms with Crippen molar-refractivity contribution in [2.45, 2.75) is 45.3 Å². The number of benzene rings is 1. The normalized spacial score (nSPS) is 17.9. The molecule has 37 heavy (non-hydrogen) atoms. The van der Waals surface area contributed by atoms with E-state index >= 15 is 4.39 Å². The van der Waals surface area contributed by atoms with Gasteiger partial charge in [0.1, 0.15) is 11.9 Å². The molecule has 0 radical (unpaired) electrons. The first kappa shape index (κ1) is 25.4. The standard InChI is InChI=1S/C28H32ClFN6O/c1-17-12-33-14-22(29)25(17)18(2)37-20-6-7-24(31)21(11-20)26(32)19-10-23(30)27(34-13-19)35-15-28(3,16-35)36-8-4-5-9-36/h6-7,10-14,18,32H,4-5,8-9,15-16,31H2,1-3H3/t18-/m1/s1. The van der Waals surface area contributed by atoms with Crippen molar-refractivity contribution in [3.05, 3.63) is 75.9 Å². The summed E-state index contributed by atoms with van der Waals surface area (Å²) in [5.41, 5.74) is 9.32. The number of halogens is 2. The van der Waals surface area contributed by atoms with E-state index in [1.54, 1.807) is 36.8 Å². The Morgan fingerprint density at radius 3 is 2.59 bits per heavy atom. The average molecular weight is 523 g/mol. The second-order valence-electron chi connectivity index (χ2n) is 10.3. The molecule has 194 valence electrons. The Hall–Kier alpha value is -3.23. The number of nitrogens with one attached hydrogen (secondary N) is 1. The van der Waals surface area contributed by atoms with E-state index in [2.05, 4.69) is 21.8 Å². The van der Waals surface area contributed by atoms with Gasteiger partial charge < -0.3 is 15.4 Å². The van der Waals surface area contributed by atoms with E-state index in [9.17, 15) is 0 Å². The number of aryl methyl sites for hydroxylation is 1. The lowest BCUT2D eigenvalue weighted by Gasteiger charge is -2.53. The van der Waals surface area contributed by atoms with Crippen LogP contribution in [0.3, 0.4) is 0 Å². The molecule has 1 aromatic carbocycles. The van der Waals surface area contributed by atoms with Gasteiger partial charge in [0.2, 0.25) is 0 Å². The highest BCUT2D eigenvalue weighted by Crippen LogP contribution is 2.35. The highest BCUT2D eigenvalue weighted by molar-refractivity contribution is 6.31. The second kappa shape index (κ2) is 9.91. The van der Waals surface area contributed by atoms with Gasteiger partial charge in [0, 0.05) is 54.1 Å². The molecule has 3 N–H and O–H groups in total. The van der Waals surface area contributed by atoms with Crippen LogP contribution in [0.1, 0.15) is 55.0 Å². The van der Waals surface area contributed by atoms with Crippen molar-refractivity contribution in [3.8, 4) is 5.75 Å². The molecular formula is C28H32ClFN6O. The highest BCUT2D eigenvalue weighted by atomic mass is 35.5. The van der Waals surface area contributed by atoms with Crippen molar-refractivity contribution in [2.24, 2.45) is 0 Å². The zero-order valence-corrected chi connectivity index (χ0v) is 22.1. The number of nitrogens with two attached hydrogens (primary N) is 1. The van der Waals surface area contributed by atoms with Gasteiger partial charge in [-0.3, -0.25) is 15.3 Å². The largest absolute Gasteiger partial charge is 0.486 e. The van der Waals surface area contributed by atoms with Crippen molar-refractivity contribution >= 4 is 28.8 Å². The molecule has 5 rings (SSSR count). The number of rotatable bonds is 7. The number of hydrogen-bond donors (Lipinski definition) is 2. The number of likely N-dealkylation sites (tertiary alicyclic amines) is 1. The van der Waals surface area contributed by atoms with Gasteiger partial charge in [-0.15, -0.1) is 0 Å². The monoisotopic (exact) mass is 522 g/mol. The van der Waals surface area contributed by atoms with E-state index in [0.717, 1.165) is 37.3 Å². The summed E-state index contributed by atoms with van der Waals surface area (Å²) >= 11 is 6.35. The van der Waals surface area contributed by atoms with Crippen LogP contribution in [-0.4, -0.2) is 52.3 Å². The van der Waals surface area contributed by atoms with Gasteiger partial charge in [0.05, 0.1) is 16.3 Å². The molecule has 0 saturated carbocycles. The van der Waals surface area contributed by atoms with Crippen LogP contribution in [0.4, 0.5) is 15.9 Å². The van der Waals surface area contributed by atoms with Crippen LogP contribution in [0.25, 0.3) is 0 Å². The Morgan fingerprint density at radius 2 is 1.92 bits per heavy atom. The predicted octanol–water partition coefficient (Wildman–Crippen LogP) is 5.39. The Labute approximate surface area is 221 Å². The Bertz CT molecular complexity index is 1320. The number of nitrogen functional groups attached to an aromatic ring is 1. The molecule has 2 saturated heterocycles. The predicted molar refractivity (Wildman–Crippen MR) is 145 cm³/mol. The number of ether oxygens (including phenoxy) is 1. The maximum Gasteiger partial charge on any atom is 0.166 e. The summed E-state index contributed by atoms with van der Waals surface area (Å²) in [6, 6.07) is 6.49. The molecule has 9 heteroatoms. The summed E-state index contributed by atoms with van der Waals surface area (Å²) in [4.78, 5) is 13.0. The first-order valence-electron chi connectivity index (χ1n) is 12.6. The zero-order chi connectivity index (χ0) is 26.3. The molecular weight excluding hydrogens is 491 g/mol. The third kappa shape index (κ3) is 4.88. The van der Waals surface area contributed by atoms with E-state index in [0.29, 0.717) is 33.4 Å². The lowest BCUT2D eigenvalue weighted by atomic mass is 9.90. The molecule has 0 spiro atoms. The van der Waals surface area contributed by atoms with Crippen molar-refractivity contribution in [3.63, 3.8) is 0 Å². The Morgan fingerprint density at radius 1 is 1.19 bits per heavy atom. The van der Waals surface area contributed by atoms with Gasteiger partial charge in [-0.25, -0.2) is 9.37 Å². The minimum absolute atomic E-state index is 0.0705. The number of pyridine rings is 2. The van der Waals surface area contributed by atoms with Crippen molar-refractivity contribution in [2.75, 3.05) is 36.8 Å². The van der Waals surface area contributed by atoms with Gasteiger partial charge in [-0.05, 0) is 76.5 Å². The van der Waals surface area contributed by atoms with Gasteiger partial charge in [-0.2, -0.15) is 0 Å². The summed E-state index contributed by atoms with van der Waals surface area (Å²) in [5.74, 6) is 0.422. The molecule has 0 aliphatic carbocycles. The van der Waals surface area contributed by atoms with Gasteiger partial charge >= 0.3 is 0 Å². The van der Waals surface area contributed by atoms with E-state index < -0.39 is 5.82 Å². The molecule has 0 bridgehead atoms. The van der Waals surface area contributed by atoms with Crippen LogP contribution >= 0.6 is 11.6 Å². The van der Waals surface area contributed by atoms with E-state index in [-0.39, 0.29) is 17.4 Å². The van der Waals surface area contributed by atoms with Crippen LogP contribution < -0.4 is 15.4 Å². The fraction of sp³-hybridized carbons (Fsp3) is 0.393. The molecule has 0 unspecified atom stereocenters. The molecule has 3 aromatic rings. The Kier molecular flexibility index (Phi) is 6.81. The van der Waals surface area contributed by atoms with Crippen LogP contribution in [-0.2, 0) is 0 Å². The number of aromatic nitrogens is 2. The molecule has 2 aromatic heterocycles. The molecule has 4 heterocycles. The fourth-order valence-electron chi connectivity index (χ4n) is 5.48. The van der Waals surface area contributed by atoms with E-state index in [1.165, 1.54) is 18.9 Å². The molecule has 7 nitrogen and oxygen atoms in total. The third-order valence-corrected chi connectivity index (χ3v) is 7.80. The van der Waals surface area contributed by atoms with Crippen molar-refractivity contribution < 1.29 is 9.13 Å². The van der Waals surface area contributed by atoms with Crippen molar-refractivity contribution in [1.29, 1.82) is 5.41 Å². The first-order valence-corrected chi connectivity index (χ1v) is 12.9. The van der Waals surface area contributed by atoms with Crippen LogP contribution in [0.15, 0.2) is 42.9 Å². The molecule has 2 aliphatic heterocycles. The average Bonchev–Trinajstić information content (AvgIpc) is 3.38. The highest BCUT2D eigenvalue weighted by Gasteiger charge is 2.45. The van der Waals surface area contributed by atoms with Crippen LogP contribution in [0, 0.1) is 18.2 Å². The maximum absolute atomic E-state index is 15.2.